The largest absolute Gasteiger partial charge is 0.493 e. The molecular weight excluding hydrogens is 588 g/mol. The lowest BCUT2D eigenvalue weighted by Gasteiger charge is -2.39. The molecule has 0 unspecified atom stereocenters. The normalized spacial score (nSPS) is 17.7. The first-order valence-corrected chi connectivity index (χ1v) is 15.9. The monoisotopic (exact) mass is 627 g/mol. The van der Waals surface area contributed by atoms with Crippen LogP contribution in [0.5, 0.6) is 5.75 Å². The predicted octanol–water partition coefficient (Wildman–Crippen LogP) is 5.52. The number of amides is 1. The van der Waals surface area contributed by atoms with Crippen LogP contribution >= 0.6 is 23.2 Å². The SMILES string of the molecule is CCOc1cccc(F)c1CN1CCN(C(=O)[C@H](N)C2CCN(CCc3cc(Cl)ccc3-c3cnccc3Cl)CC2)CC1. The van der Waals surface area contributed by atoms with Crippen molar-refractivity contribution in [2.24, 2.45) is 11.7 Å². The van der Waals surface area contributed by atoms with Crippen LogP contribution in [0.3, 0.4) is 0 Å². The highest BCUT2D eigenvalue weighted by Crippen LogP contribution is 2.32. The van der Waals surface area contributed by atoms with Gasteiger partial charge in [-0.3, -0.25) is 14.7 Å². The molecule has 5 rings (SSSR count). The van der Waals surface area contributed by atoms with Gasteiger partial charge in [0, 0.05) is 67.8 Å². The second-order valence-corrected chi connectivity index (χ2v) is 12.2. The molecule has 0 radical (unpaired) electrons. The smallest absolute Gasteiger partial charge is 0.239 e. The van der Waals surface area contributed by atoms with Crippen molar-refractivity contribution >= 4 is 29.1 Å². The lowest BCUT2D eigenvalue weighted by Crippen LogP contribution is -2.55. The van der Waals surface area contributed by atoms with Gasteiger partial charge in [0.2, 0.25) is 5.91 Å². The Morgan fingerprint density at radius 1 is 1.05 bits per heavy atom. The molecule has 3 heterocycles. The number of ether oxygens (including phenoxy) is 1. The number of carbonyl (C=O) groups is 1. The summed E-state index contributed by atoms with van der Waals surface area (Å²) in [6, 6.07) is 12.1. The Morgan fingerprint density at radius 3 is 2.53 bits per heavy atom. The van der Waals surface area contributed by atoms with Crippen molar-refractivity contribution in [2.45, 2.75) is 38.8 Å². The highest BCUT2D eigenvalue weighted by Gasteiger charge is 2.33. The Hall–Kier alpha value is -2.75. The van der Waals surface area contributed by atoms with Gasteiger partial charge in [0.25, 0.3) is 0 Å². The number of piperazine rings is 1. The Morgan fingerprint density at radius 2 is 1.81 bits per heavy atom. The van der Waals surface area contributed by atoms with E-state index < -0.39 is 6.04 Å². The van der Waals surface area contributed by atoms with Crippen LogP contribution in [0.4, 0.5) is 4.39 Å². The van der Waals surface area contributed by atoms with Gasteiger partial charge >= 0.3 is 0 Å². The second kappa shape index (κ2) is 14.8. The van der Waals surface area contributed by atoms with E-state index in [1.54, 1.807) is 30.6 Å². The third-order valence-corrected chi connectivity index (χ3v) is 9.25. The summed E-state index contributed by atoms with van der Waals surface area (Å²) in [6.07, 6.45) is 6.09. The Labute approximate surface area is 263 Å². The summed E-state index contributed by atoms with van der Waals surface area (Å²) < 4.78 is 20.2. The summed E-state index contributed by atoms with van der Waals surface area (Å²) >= 11 is 12.8. The second-order valence-electron chi connectivity index (χ2n) is 11.4. The molecule has 3 aromatic rings. The van der Waals surface area contributed by atoms with Crippen molar-refractivity contribution in [1.29, 1.82) is 0 Å². The van der Waals surface area contributed by atoms with Gasteiger partial charge in [-0.1, -0.05) is 35.3 Å². The number of carbonyl (C=O) groups excluding carboxylic acids is 1. The van der Waals surface area contributed by atoms with Crippen LogP contribution in [0.25, 0.3) is 11.1 Å². The third-order valence-electron chi connectivity index (χ3n) is 8.69. The van der Waals surface area contributed by atoms with Crippen molar-refractivity contribution in [3.05, 3.63) is 81.8 Å². The summed E-state index contributed by atoms with van der Waals surface area (Å²) in [7, 11) is 0. The van der Waals surface area contributed by atoms with E-state index in [4.69, 9.17) is 33.7 Å². The van der Waals surface area contributed by atoms with Gasteiger partial charge in [-0.15, -0.1) is 0 Å². The number of likely N-dealkylation sites (tertiary alicyclic amines) is 1. The maximum Gasteiger partial charge on any atom is 0.239 e. The number of piperidine rings is 1. The van der Waals surface area contributed by atoms with Crippen LogP contribution in [-0.2, 0) is 17.8 Å². The zero-order valence-electron chi connectivity index (χ0n) is 24.7. The van der Waals surface area contributed by atoms with Crippen LogP contribution in [-0.4, -0.2) is 84.1 Å². The van der Waals surface area contributed by atoms with Crippen LogP contribution in [0.1, 0.15) is 30.9 Å². The molecule has 1 atom stereocenters. The molecule has 43 heavy (non-hydrogen) atoms. The number of aromatic nitrogens is 1. The van der Waals surface area contributed by atoms with Crippen molar-refractivity contribution in [3.8, 4) is 16.9 Å². The van der Waals surface area contributed by atoms with Gasteiger partial charge in [0.05, 0.1) is 17.7 Å². The van der Waals surface area contributed by atoms with Gasteiger partial charge in [0.15, 0.2) is 0 Å². The van der Waals surface area contributed by atoms with Gasteiger partial charge in [0.1, 0.15) is 11.6 Å². The Kier molecular flexibility index (Phi) is 10.9. The number of halogens is 3. The molecule has 1 aromatic heterocycles. The molecule has 1 amide bonds. The summed E-state index contributed by atoms with van der Waals surface area (Å²) in [5, 5.41) is 1.37. The molecule has 10 heteroatoms. The summed E-state index contributed by atoms with van der Waals surface area (Å²) in [5.74, 6) is 0.504. The number of nitrogens with zero attached hydrogens (tertiary/aromatic N) is 4. The number of rotatable bonds is 10. The van der Waals surface area contributed by atoms with Crippen LogP contribution in [0, 0.1) is 11.7 Å². The van der Waals surface area contributed by atoms with Crippen molar-refractivity contribution in [2.75, 3.05) is 52.4 Å². The molecular formula is C33H40Cl2FN5O2. The lowest BCUT2D eigenvalue weighted by molar-refractivity contribution is -0.136. The number of hydrogen-bond donors (Lipinski definition) is 1. The predicted molar refractivity (Wildman–Crippen MR) is 170 cm³/mol. The zero-order valence-corrected chi connectivity index (χ0v) is 26.2. The van der Waals surface area contributed by atoms with E-state index in [9.17, 15) is 9.18 Å². The molecule has 2 aliphatic heterocycles. The highest BCUT2D eigenvalue weighted by atomic mass is 35.5. The molecule has 0 aliphatic carbocycles. The van der Waals surface area contributed by atoms with Crippen molar-refractivity contribution < 1.29 is 13.9 Å². The average molecular weight is 629 g/mol. The maximum atomic E-state index is 14.5. The van der Waals surface area contributed by atoms with Crippen molar-refractivity contribution in [3.63, 3.8) is 0 Å². The van der Waals surface area contributed by atoms with E-state index >= 15 is 0 Å². The lowest BCUT2D eigenvalue weighted by atomic mass is 9.88. The van der Waals surface area contributed by atoms with Crippen LogP contribution in [0.15, 0.2) is 54.9 Å². The van der Waals surface area contributed by atoms with Gasteiger partial charge in [-0.25, -0.2) is 4.39 Å². The molecule has 2 N–H and O–H groups in total. The quantitative estimate of drug-likeness (QED) is 0.319. The first-order valence-electron chi connectivity index (χ1n) is 15.1. The first kappa shape index (κ1) is 31.7. The third kappa shape index (κ3) is 7.86. The van der Waals surface area contributed by atoms with Gasteiger partial charge in [-0.05, 0) is 86.7 Å². The van der Waals surface area contributed by atoms with E-state index in [1.807, 2.05) is 30.0 Å². The fourth-order valence-electron chi connectivity index (χ4n) is 6.17. The van der Waals surface area contributed by atoms with E-state index in [-0.39, 0.29) is 17.6 Å². The van der Waals surface area contributed by atoms with Gasteiger partial charge in [-0.2, -0.15) is 0 Å². The van der Waals surface area contributed by atoms with Gasteiger partial charge < -0.3 is 20.3 Å². The van der Waals surface area contributed by atoms with E-state index in [0.29, 0.717) is 60.7 Å². The summed E-state index contributed by atoms with van der Waals surface area (Å²) in [6.45, 7) is 8.04. The molecule has 0 saturated carbocycles. The summed E-state index contributed by atoms with van der Waals surface area (Å²) in [5.41, 5.74) is 10.2. The van der Waals surface area contributed by atoms with E-state index in [0.717, 1.165) is 55.6 Å². The molecule has 7 nitrogen and oxygen atoms in total. The topological polar surface area (TPSA) is 74.9 Å². The first-order chi connectivity index (χ1) is 20.8. The Balaban J connectivity index is 1.09. The minimum absolute atomic E-state index is 0.0240. The van der Waals surface area contributed by atoms with Crippen LogP contribution < -0.4 is 10.5 Å². The number of pyridine rings is 1. The number of hydrogen-bond acceptors (Lipinski definition) is 6. The number of nitrogens with two attached hydrogens (primary N) is 1. The standard InChI is InChI=1S/C33H40Cl2FN5O2/c1-2-43-31-5-3-4-30(36)28(31)22-40-16-18-41(19-17-40)33(42)32(37)23-9-13-39(14-10-23)15-11-24-20-25(34)6-7-26(24)27-21-38-12-8-29(27)35/h3-8,12,20-21,23,32H,2,9-11,13-19,22,37H2,1H3/t32-/m1/s1. The van der Waals surface area contributed by atoms with E-state index in [1.165, 1.54) is 6.07 Å². The fourth-order valence-corrected chi connectivity index (χ4v) is 6.57. The summed E-state index contributed by atoms with van der Waals surface area (Å²) in [4.78, 5) is 24.1. The molecule has 0 spiro atoms. The molecule has 2 saturated heterocycles. The molecule has 2 aliphatic rings. The molecule has 2 aromatic carbocycles. The molecule has 0 bridgehead atoms. The van der Waals surface area contributed by atoms with E-state index in [2.05, 4.69) is 14.8 Å². The van der Waals surface area contributed by atoms with Crippen LogP contribution in [0.2, 0.25) is 10.0 Å². The minimum Gasteiger partial charge on any atom is -0.493 e. The Bertz CT molecular complexity index is 1390. The minimum atomic E-state index is -0.503. The molecule has 230 valence electrons. The maximum absolute atomic E-state index is 14.5. The average Bonchev–Trinajstić information content (AvgIpc) is 3.02. The zero-order chi connectivity index (χ0) is 30.3. The highest BCUT2D eigenvalue weighted by molar-refractivity contribution is 6.33. The fraction of sp³-hybridized carbons (Fsp3) is 0.455. The molecule has 2 fully saturated rings. The number of benzene rings is 2. The van der Waals surface area contributed by atoms with Crippen molar-refractivity contribution in [1.82, 2.24) is 19.7 Å².